The van der Waals surface area contributed by atoms with Gasteiger partial charge in [-0.15, -0.1) is 0 Å². The van der Waals surface area contributed by atoms with Crippen molar-refractivity contribution < 1.29 is 0 Å². The summed E-state index contributed by atoms with van der Waals surface area (Å²) in [5.74, 6) is 4.13. The van der Waals surface area contributed by atoms with Crippen LogP contribution in [0.4, 0.5) is 0 Å². The summed E-state index contributed by atoms with van der Waals surface area (Å²) in [5.41, 5.74) is 1.43. The van der Waals surface area contributed by atoms with Crippen LogP contribution in [0.25, 0.3) is 55.7 Å². The molecule has 0 aliphatic rings. The van der Waals surface area contributed by atoms with Gasteiger partial charge in [0.25, 0.3) is 0 Å². The molecule has 0 aromatic heterocycles. The molecule has 0 atom stereocenters. The summed E-state index contributed by atoms with van der Waals surface area (Å²) < 4.78 is 0. The van der Waals surface area contributed by atoms with E-state index in [0.717, 1.165) is 0 Å². The first-order valence-electron chi connectivity index (χ1n) is 19.9. The zero-order valence-electron chi connectivity index (χ0n) is 35.3. The molecule has 0 saturated carbocycles. The van der Waals surface area contributed by atoms with E-state index >= 15 is 0 Å². The van der Waals surface area contributed by atoms with E-state index in [1.54, 1.807) is 121 Å². The molecule has 0 saturated heterocycles. The maximum absolute atomic E-state index is 10.7. The number of hydrogen-bond donors (Lipinski definition) is 2. The van der Waals surface area contributed by atoms with E-state index in [0.29, 0.717) is 55.6 Å². The summed E-state index contributed by atoms with van der Waals surface area (Å²) in [6, 6.07) is 58.9. The van der Waals surface area contributed by atoms with E-state index < -0.39 is 10.8 Å². The average Bonchev–Trinajstić information content (AvgIpc) is 3.40. The van der Waals surface area contributed by atoms with Crippen LogP contribution in [-0.4, -0.2) is 11.7 Å². The smallest absolute Gasteiger partial charge is 0.204 e. The third kappa shape index (κ3) is 8.28. The molecule has 0 fully saturated rings. The molecule has 2 N–H and O–H groups in total. The molecule has 310 valence electrons. The van der Waals surface area contributed by atoms with Crippen LogP contribution in [0.5, 0.6) is 0 Å². The molecule has 68 heavy (non-hydrogen) atoms. The van der Waals surface area contributed by atoms with Gasteiger partial charge in [0.05, 0.1) is 46.6 Å². The first-order chi connectivity index (χ1) is 33.1. The zero-order chi connectivity index (χ0) is 48.8. The Balaban J connectivity index is 1.27. The number of nitriles is 10. The Morgan fingerprint density at radius 3 is 0.676 bits per heavy atom. The first kappa shape index (κ1) is 46.1. The standard InChI is InChI=1S/C56H26N12/c57-25-47(26-58)41-5-13-45(14-6-41)53(31-63)51(29-61)43-9-1-37(2-10-43)39-17-21-49(22-18-39)55(33-65,34-66)56(35-67,36-68)50-23-19-40(20-24-50)38-3-11-44(12-4-38)52(30-62)54(32-64)46-15-7-42(8-16-46)48(27-59)28-60/h1-24,57,59H/b53-51+,54-52+. The van der Waals surface area contributed by atoms with Crippen molar-refractivity contribution in [2.75, 3.05) is 0 Å². The molecule has 0 unspecified atom stereocenters. The fraction of sp³-hybridized carbons (Fsp3) is 0.0357. The molecule has 6 rings (SSSR count). The van der Waals surface area contributed by atoms with Crippen LogP contribution in [0.2, 0.25) is 0 Å². The fourth-order valence-corrected chi connectivity index (χ4v) is 7.56. The Bertz CT molecular complexity index is 3350. The highest BCUT2D eigenvalue weighted by molar-refractivity contribution is 6.04. The molecule has 12 nitrogen and oxygen atoms in total. The highest BCUT2D eigenvalue weighted by atomic mass is 14.6. The molecule has 0 aliphatic carbocycles. The van der Waals surface area contributed by atoms with Crippen LogP contribution in [-0.2, 0) is 10.8 Å². The van der Waals surface area contributed by atoms with E-state index in [4.69, 9.17) is 10.8 Å². The number of nitrogens with one attached hydrogen (secondary N) is 2. The Morgan fingerprint density at radius 1 is 0.279 bits per heavy atom. The van der Waals surface area contributed by atoms with E-state index in [1.807, 2.05) is 36.4 Å². The summed E-state index contributed by atoms with van der Waals surface area (Å²) in [7, 11) is 0. The van der Waals surface area contributed by atoms with Crippen molar-refractivity contribution in [3.63, 3.8) is 0 Å². The van der Waals surface area contributed by atoms with Crippen LogP contribution < -0.4 is 0 Å². The van der Waals surface area contributed by atoms with Gasteiger partial charge in [0.1, 0.15) is 47.6 Å². The number of rotatable bonds is 11. The Labute approximate surface area is 391 Å². The third-order valence-corrected chi connectivity index (χ3v) is 11.2. The quantitative estimate of drug-likeness (QED) is 0.0705. The Kier molecular flexibility index (Phi) is 13.7. The van der Waals surface area contributed by atoms with Gasteiger partial charge in [-0.1, -0.05) is 146 Å². The summed E-state index contributed by atoms with van der Waals surface area (Å²) >= 11 is 0. The number of benzene rings is 6. The summed E-state index contributed by atoms with van der Waals surface area (Å²) in [6.07, 6.45) is 0. The molecule has 0 bridgehead atoms. The van der Waals surface area contributed by atoms with Crippen molar-refractivity contribution in [1.29, 1.82) is 63.4 Å². The molecule has 6 aromatic rings. The lowest BCUT2D eigenvalue weighted by atomic mass is 9.59. The second-order valence-electron chi connectivity index (χ2n) is 14.6. The van der Waals surface area contributed by atoms with Gasteiger partial charge in [0.15, 0.2) is 0 Å². The molecule has 0 radical (unpaired) electrons. The van der Waals surface area contributed by atoms with E-state index in [9.17, 15) is 52.6 Å². The van der Waals surface area contributed by atoms with Crippen molar-refractivity contribution in [2.24, 2.45) is 0 Å². The minimum Gasteiger partial charge on any atom is -0.258 e. The maximum atomic E-state index is 10.7. The molecular weight excluding hydrogens is 841 g/mol. The normalized spacial score (nSPS) is 11.0. The third-order valence-electron chi connectivity index (χ3n) is 11.2. The van der Waals surface area contributed by atoms with Crippen molar-refractivity contribution in [2.45, 2.75) is 10.8 Å². The zero-order valence-corrected chi connectivity index (χ0v) is 35.3. The van der Waals surface area contributed by atoms with Gasteiger partial charge in [-0.25, -0.2) is 0 Å². The number of allylic oxidation sites excluding steroid dienone is 6. The first-order valence-corrected chi connectivity index (χ1v) is 19.9. The predicted octanol–water partition coefficient (Wildman–Crippen LogP) is 10.5. The fourth-order valence-electron chi connectivity index (χ4n) is 7.56. The van der Waals surface area contributed by atoms with Crippen LogP contribution in [0, 0.1) is 124 Å². The summed E-state index contributed by atoms with van der Waals surface area (Å²) in [4.78, 5) is 0. The minimum absolute atomic E-state index is 0.0218. The van der Waals surface area contributed by atoms with Crippen LogP contribution >= 0.6 is 0 Å². The highest BCUT2D eigenvalue weighted by Crippen LogP contribution is 2.45. The van der Waals surface area contributed by atoms with E-state index in [2.05, 4.69) is 36.0 Å². The van der Waals surface area contributed by atoms with Gasteiger partial charge in [-0.3, -0.25) is 10.8 Å². The Hall–Kier alpha value is -11.4. The van der Waals surface area contributed by atoms with Crippen molar-refractivity contribution in [3.8, 4) is 82.9 Å². The number of nitrogens with zero attached hydrogens (tertiary/aromatic N) is 10. The summed E-state index contributed by atoms with van der Waals surface area (Å²) in [5, 5.41) is 116. The van der Waals surface area contributed by atoms with Gasteiger partial charge in [0, 0.05) is 11.1 Å². The van der Waals surface area contributed by atoms with Gasteiger partial charge >= 0.3 is 0 Å². The monoisotopic (exact) mass is 866 g/mol. The molecule has 0 amide bonds. The van der Waals surface area contributed by atoms with Gasteiger partial charge in [-0.2, -0.15) is 52.6 Å². The molecular formula is C56H26N12. The maximum Gasteiger partial charge on any atom is 0.204 e. The molecule has 0 aliphatic heterocycles. The van der Waals surface area contributed by atoms with Crippen LogP contribution in [0.15, 0.2) is 146 Å². The highest BCUT2D eigenvalue weighted by Gasteiger charge is 2.57. The van der Waals surface area contributed by atoms with E-state index in [-0.39, 0.29) is 44.6 Å². The Morgan fingerprint density at radius 2 is 0.485 bits per heavy atom. The topological polar surface area (TPSA) is 286 Å². The van der Waals surface area contributed by atoms with Crippen molar-refractivity contribution >= 4 is 45.2 Å². The molecule has 6 aromatic carbocycles. The average molecular weight is 867 g/mol. The largest absolute Gasteiger partial charge is 0.258 e. The summed E-state index contributed by atoms with van der Waals surface area (Å²) in [6.45, 7) is 0. The van der Waals surface area contributed by atoms with Crippen molar-refractivity contribution in [3.05, 3.63) is 190 Å². The molecule has 0 spiro atoms. The van der Waals surface area contributed by atoms with Gasteiger partial charge in [-0.05, 0) is 67.4 Å². The SMILES string of the molecule is N#CC(=C=N)c1ccc(/C(C#N)=C(\C#N)c2ccc(-c3ccc(C(C#N)(C#N)C(C#N)(C#N)c4ccc(-c5ccc(/C(C#N)=C(\C#N)c6ccc(C(=C=N)C#N)cc6)cc5)cc4)cc3)cc2)cc1. The molecule has 0 heterocycles. The second-order valence-corrected chi connectivity index (χ2v) is 14.6. The predicted molar refractivity (Wildman–Crippen MR) is 252 cm³/mol. The number of hydrogen-bond acceptors (Lipinski definition) is 12. The minimum atomic E-state index is -2.29. The second kappa shape index (κ2) is 20.2. The van der Waals surface area contributed by atoms with Gasteiger partial charge < -0.3 is 0 Å². The van der Waals surface area contributed by atoms with Crippen LogP contribution in [0.1, 0.15) is 44.5 Å². The van der Waals surface area contributed by atoms with Crippen LogP contribution in [0.3, 0.4) is 0 Å². The lowest BCUT2D eigenvalue weighted by molar-refractivity contribution is 0.524. The van der Waals surface area contributed by atoms with Crippen molar-refractivity contribution in [1.82, 2.24) is 0 Å². The lowest BCUT2D eigenvalue weighted by Crippen LogP contribution is -2.45. The molecule has 12 heteroatoms. The van der Waals surface area contributed by atoms with Gasteiger partial charge in [0.2, 0.25) is 10.8 Å². The van der Waals surface area contributed by atoms with E-state index in [1.165, 1.54) is 24.3 Å². The lowest BCUT2D eigenvalue weighted by Gasteiger charge is -2.32.